The van der Waals surface area contributed by atoms with Crippen molar-refractivity contribution in [2.75, 3.05) is 12.3 Å². The van der Waals surface area contributed by atoms with Gasteiger partial charge in [0.1, 0.15) is 0 Å². The van der Waals surface area contributed by atoms with E-state index in [1.54, 1.807) is 36.1 Å². The molecule has 1 aromatic carbocycles. The van der Waals surface area contributed by atoms with Gasteiger partial charge in [0.15, 0.2) is 15.7 Å². The molecule has 1 aliphatic heterocycles. The highest BCUT2D eigenvalue weighted by Crippen LogP contribution is 2.29. The fourth-order valence-corrected chi connectivity index (χ4v) is 4.07. The van der Waals surface area contributed by atoms with Crippen molar-refractivity contribution >= 4 is 15.7 Å². The maximum Gasteiger partial charge on any atom is 0.227 e. The molecule has 0 radical (unpaired) electrons. The van der Waals surface area contributed by atoms with Crippen LogP contribution < -0.4 is 0 Å². The van der Waals surface area contributed by atoms with Gasteiger partial charge in [0.25, 0.3) is 0 Å². The second-order valence-corrected chi connectivity index (χ2v) is 8.39. The summed E-state index contributed by atoms with van der Waals surface area (Å²) >= 11 is 0. The number of piperidine rings is 1. The summed E-state index contributed by atoms with van der Waals surface area (Å²) in [5.74, 6) is 0.507. The number of carbonyl (C=O) groups is 1. The second kappa shape index (κ2) is 7.35. The topological polar surface area (TPSA) is 93.4 Å². The van der Waals surface area contributed by atoms with Crippen LogP contribution in [0, 0.1) is 0 Å². The van der Waals surface area contributed by atoms with E-state index in [9.17, 15) is 13.2 Å². The van der Waals surface area contributed by atoms with Crippen LogP contribution in [0.4, 0.5) is 0 Å². The molecule has 2 aromatic rings. The van der Waals surface area contributed by atoms with E-state index in [0.29, 0.717) is 17.9 Å². The lowest BCUT2D eigenvalue weighted by Gasteiger charge is -2.34. The molecule has 0 spiro atoms. The molecule has 0 N–H and O–H groups in total. The van der Waals surface area contributed by atoms with Crippen LogP contribution in [-0.2, 0) is 21.1 Å². The van der Waals surface area contributed by atoms with Crippen molar-refractivity contribution < 1.29 is 17.7 Å². The van der Waals surface area contributed by atoms with Gasteiger partial charge in [0, 0.05) is 6.54 Å². The predicted molar refractivity (Wildman–Crippen MR) is 90.5 cm³/mol. The molecule has 2 heterocycles. The number of benzene rings is 1. The van der Waals surface area contributed by atoms with Gasteiger partial charge in [-0.05, 0) is 37.0 Å². The van der Waals surface area contributed by atoms with Crippen molar-refractivity contribution in [3.05, 3.63) is 42.0 Å². The van der Waals surface area contributed by atoms with Crippen LogP contribution in [0.25, 0.3) is 0 Å². The Balaban J connectivity index is 1.78. The quantitative estimate of drug-likeness (QED) is 0.808. The van der Waals surface area contributed by atoms with Gasteiger partial charge in [0.05, 0.1) is 23.1 Å². The number of hydrogen-bond acceptors (Lipinski definition) is 6. The van der Waals surface area contributed by atoms with E-state index in [4.69, 9.17) is 4.52 Å². The van der Waals surface area contributed by atoms with Crippen molar-refractivity contribution in [1.29, 1.82) is 0 Å². The lowest BCUT2D eigenvalue weighted by atomic mass is 10.00. The number of aromatic nitrogens is 2. The second-order valence-electron chi connectivity index (χ2n) is 6.12. The largest absolute Gasteiger partial charge is 0.343 e. The van der Waals surface area contributed by atoms with E-state index in [0.717, 1.165) is 19.3 Å². The van der Waals surface area contributed by atoms with Gasteiger partial charge in [-0.25, -0.2) is 8.42 Å². The standard InChI is InChI=1S/C17H21N3O4S/c1-2-25(22,23)14-7-5-6-13(10-14)11-16(21)20-9-4-3-8-15(20)17-18-12-24-19-17/h5-7,10,12,15H,2-4,8-9,11H2,1H3. The number of nitrogens with zero attached hydrogens (tertiary/aromatic N) is 3. The maximum absolute atomic E-state index is 12.8. The zero-order valence-electron chi connectivity index (χ0n) is 14.1. The molecule has 0 saturated carbocycles. The Morgan fingerprint density at radius 3 is 2.92 bits per heavy atom. The highest BCUT2D eigenvalue weighted by Gasteiger charge is 2.30. The molecule has 25 heavy (non-hydrogen) atoms. The first-order valence-electron chi connectivity index (χ1n) is 8.38. The van der Waals surface area contributed by atoms with Crippen LogP contribution in [0.5, 0.6) is 0 Å². The maximum atomic E-state index is 12.8. The molecule has 1 amide bonds. The SMILES string of the molecule is CCS(=O)(=O)c1cccc(CC(=O)N2CCCCC2c2ncon2)c1. The first-order valence-corrected chi connectivity index (χ1v) is 10.0. The highest BCUT2D eigenvalue weighted by atomic mass is 32.2. The van der Waals surface area contributed by atoms with Crippen LogP contribution in [0.1, 0.15) is 43.6 Å². The lowest BCUT2D eigenvalue weighted by Crippen LogP contribution is -2.39. The average molecular weight is 363 g/mol. The summed E-state index contributed by atoms with van der Waals surface area (Å²) in [6, 6.07) is 6.43. The summed E-state index contributed by atoms with van der Waals surface area (Å²) in [5, 5.41) is 3.88. The molecule has 134 valence electrons. The number of carbonyl (C=O) groups excluding carboxylic acids is 1. The Morgan fingerprint density at radius 1 is 1.36 bits per heavy atom. The van der Waals surface area contributed by atoms with Gasteiger partial charge in [0.2, 0.25) is 12.3 Å². The van der Waals surface area contributed by atoms with Crippen molar-refractivity contribution in [1.82, 2.24) is 15.0 Å². The van der Waals surface area contributed by atoms with Gasteiger partial charge in [-0.1, -0.05) is 24.2 Å². The summed E-state index contributed by atoms with van der Waals surface area (Å²) in [4.78, 5) is 18.9. The van der Waals surface area contributed by atoms with E-state index >= 15 is 0 Å². The molecule has 3 rings (SSSR count). The summed E-state index contributed by atoms with van der Waals surface area (Å²) < 4.78 is 28.9. The summed E-state index contributed by atoms with van der Waals surface area (Å²) in [6.45, 7) is 2.25. The van der Waals surface area contributed by atoms with Crippen LogP contribution in [-0.4, -0.2) is 41.7 Å². The summed E-state index contributed by atoms with van der Waals surface area (Å²) in [6.07, 6.45) is 4.17. The van der Waals surface area contributed by atoms with Crippen LogP contribution >= 0.6 is 0 Å². The minimum absolute atomic E-state index is 0.0381. The first-order chi connectivity index (χ1) is 12.0. The molecular formula is C17H21N3O4S. The minimum atomic E-state index is -3.28. The van der Waals surface area contributed by atoms with Crippen LogP contribution in [0.2, 0.25) is 0 Å². The molecule has 1 atom stereocenters. The molecule has 1 fully saturated rings. The normalized spacial score (nSPS) is 18.3. The van der Waals surface area contributed by atoms with Crippen molar-refractivity contribution in [2.24, 2.45) is 0 Å². The molecule has 7 nitrogen and oxygen atoms in total. The van der Waals surface area contributed by atoms with Gasteiger partial charge in [-0.3, -0.25) is 4.79 Å². The monoisotopic (exact) mass is 363 g/mol. The van der Waals surface area contributed by atoms with Crippen LogP contribution in [0.15, 0.2) is 40.1 Å². The van der Waals surface area contributed by atoms with Gasteiger partial charge in [-0.15, -0.1) is 0 Å². The fourth-order valence-electron chi connectivity index (χ4n) is 3.12. The lowest BCUT2D eigenvalue weighted by molar-refractivity contribution is -0.134. The third-order valence-electron chi connectivity index (χ3n) is 4.49. The zero-order valence-corrected chi connectivity index (χ0v) is 14.9. The Kier molecular flexibility index (Phi) is 5.17. The van der Waals surface area contributed by atoms with Gasteiger partial charge in [-0.2, -0.15) is 4.98 Å². The van der Waals surface area contributed by atoms with Gasteiger partial charge >= 0.3 is 0 Å². The number of sulfone groups is 1. The molecule has 1 aliphatic rings. The zero-order chi connectivity index (χ0) is 17.9. The number of hydrogen-bond donors (Lipinski definition) is 0. The Bertz CT molecular complexity index is 833. The third kappa shape index (κ3) is 3.89. The fraction of sp³-hybridized carbons (Fsp3) is 0.471. The summed E-state index contributed by atoms with van der Waals surface area (Å²) in [5.41, 5.74) is 0.692. The summed E-state index contributed by atoms with van der Waals surface area (Å²) in [7, 11) is -3.28. The molecule has 1 unspecified atom stereocenters. The van der Waals surface area contributed by atoms with E-state index in [1.807, 2.05) is 0 Å². The van der Waals surface area contributed by atoms with Gasteiger partial charge < -0.3 is 9.42 Å². The number of likely N-dealkylation sites (tertiary alicyclic amines) is 1. The molecule has 0 aliphatic carbocycles. The molecule has 1 aromatic heterocycles. The minimum Gasteiger partial charge on any atom is -0.343 e. The molecule has 1 saturated heterocycles. The van der Waals surface area contributed by atoms with Crippen LogP contribution in [0.3, 0.4) is 0 Å². The Labute approximate surface area is 146 Å². The molecular weight excluding hydrogens is 342 g/mol. The van der Waals surface area contributed by atoms with E-state index in [1.165, 1.54) is 6.39 Å². The smallest absolute Gasteiger partial charge is 0.227 e. The third-order valence-corrected chi connectivity index (χ3v) is 6.22. The van der Waals surface area contributed by atoms with E-state index < -0.39 is 9.84 Å². The van der Waals surface area contributed by atoms with Crippen molar-refractivity contribution in [2.45, 2.75) is 43.5 Å². The Morgan fingerprint density at radius 2 is 2.20 bits per heavy atom. The predicted octanol–water partition coefficient (Wildman–Crippen LogP) is 2.16. The molecule has 8 heteroatoms. The highest BCUT2D eigenvalue weighted by molar-refractivity contribution is 7.91. The van der Waals surface area contributed by atoms with E-state index in [-0.39, 0.29) is 29.0 Å². The van der Waals surface area contributed by atoms with E-state index in [2.05, 4.69) is 10.1 Å². The van der Waals surface area contributed by atoms with Crippen molar-refractivity contribution in [3.8, 4) is 0 Å². The number of rotatable bonds is 5. The average Bonchev–Trinajstić information content (AvgIpc) is 3.16. The Hall–Kier alpha value is -2.22. The molecule has 0 bridgehead atoms. The number of amides is 1. The van der Waals surface area contributed by atoms with Crippen molar-refractivity contribution in [3.63, 3.8) is 0 Å². The first kappa shape index (κ1) is 17.6.